The van der Waals surface area contributed by atoms with Crippen LogP contribution in [-0.4, -0.2) is 30.7 Å². The van der Waals surface area contributed by atoms with Gasteiger partial charge < -0.3 is 10.2 Å². The van der Waals surface area contributed by atoms with Gasteiger partial charge in [0.2, 0.25) is 5.95 Å². The van der Waals surface area contributed by atoms with Crippen LogP contribution in [0.4, 0.5) is 10.1 Å². The topological polar surface area (TPSA) is 28.2 Å². The average molecular weight is 268 g/mol. The van der Waals surface area contributed by atoms with Crippen molar-refractivity contribution in [3.63, 3.8) is 0 Å². The fourth-order valence-corrected chi connectivity index (χ4v) is 1.80. The molecule has 3 nitrogen and oxygen atoms in total. The van der Waals surface area contributed by atoms with Crippen LogP contribution in [0, 0.1) is 5.95 Å². The monoisotopic (exact) mass is 267 g/mol. The summed E-state index contributed by atoms with van der Waals surface area (Å²) in [7, 11) is 0. The molecule has 16 heavy (non-hydrogen) atoms. The lowest BCUT2D eigenvalue weighted by atomic mass is 10.2. The molecule has 0 amide bonds. The molecule has 6 heteroatoms. The zero-order valence-corrected chi connectivity index (χ0v) is 10.7. The molecule has 1 atom stereocenters. The molecule has 0 bridgehead atoms. The molecule has 0 aliphatic carbocycles. The van der Waals surface area contributed by atoms with E-state index in [4.69, 9.17) is 0 Å². The van der Waals surface area contributed by atoms with Gasteiger partial charge in [-0.2, -0.15) is 4.39 Å². The summed E-state index contributed by atoms with van der Waals surface area (Å²) >= 11 is 0. The molecule has 92 valence electrons. The Balaban J connectivity index is 0.00000112. The van der Waals surface area contributed by atoms with E-state index < -0.39 is 5.95 Å². The Labute approximate surface area is 107 Å². The number of hydrogen-bond donors (Lipinski definition) is 1. The second-order valence-corrected chi connectivity index (χ2v) is 3.58. The quantitative estimate of drug-likeness (QED) is 0.788. The first kappa shape index (κ1) is 15.4. The Kier molecular flexibility index (Phi) is 6.64. The molecule has 0 unspecified atom stereocenters. The van der Waals surface area contributed by atoms with E-state index in [2.05, 4.69) is 22.1 Å². The zero-order valence-electron chi connectivity index (χ0n) is 9.02. The van der Waals surface area contributed by atoms with Gasteiger partial charge in [0.1, 0.15) is 0 Å². The summed E-state index contributed by atoms with van der Waals surface area (Å²) in [4.78, 5) is 5.75. The number of piperazine rings is 1. The molecular formula is C10H16Cl2FN3. The number of nitrogens with one attached hydrogen (secondary N) is 1. The van der Waals surface area contributed by atoms with E-state index in [0.29, 0.717) is 6.04 Å². The highest BCUT2D eigenvalue weighted by Crippen LogP contribution is 2.17. The fraction of sp³-hybridized carbons (Fsp3) is 0.500. The minimum Gasteiger partial charge on any atom is -0.366 e. The summed E-state index contributed by atoms with van der Waals surface area (Å²) in [6.45, 7) is 4.95. The van der Waals surface area contributed by atoms with Crippen LogP contribution in [0.3, 0.4) is 0 Å². The number of hydrogen-bond acceptors (Lipinski definition) is 3. The lowest BCUT2D eigenvalue weighted by molar-refractivity contribution is 0.498. The van der Waals surface area contributed by atoms with Crippen molar-refractivity contribution < 1.29 is 4.39 Å². The molecule has 0 spiro atoms. The van der Waals surface area contributed by atoms with Gasteiger partial charge >= 0.3 is 0 Å². The highest BCUT2D eigenvalue weighted by molar-refractivity contribution is 5.85. The van der Waals surface area contributed by atoms with Crippen LogP contribution in [0.2, 0.25) is 0 Å². The normalized spacial score (nSPS) is 19.6. The van der Waals surface area contributed by atoms with E-state index >= 15 is 0 Å². The van der Waals surface area contributed by atoms with Gasteiger partial charge in [0, 0.05) is 43.6 Å². The highest BCUT2D eigenvalue weighted by Gasteiger charge is 2.18. The van der Waals surface area contributed by atoms with E-state index in [1.54, 1.807) is 0 Å². The first-order valence-electron chi connectivity index (χ1n) is 4.86. The first-order valence-corrected chi connectivity index (χ1v) is 4.86. The molecular weight excluding hydrogens is 252 g/mol. The Morgan fingerprint density at radius 2 is 2.25 bits per heavy atom. The summed E-state index contributed by atoms with van der Waals surface area (Å²) in [5, 5.41) is 3.30. The molecule has 1 aliphatic heterocycles. The molecule has 1 aliphatic rings. The van der Waals surface area contributed by atoms with Crippen LogP contribution >= 0.6 is 24.8 Å². The molecule has 1 aromatic rings. The van der Waals surface area contributed by atoms with Gasteiger partial charge in [0.15, 0.2) is 0 Å². The summed E-state index contributed by atoms with van der Waals surface area (Å²) in [6, 6.07) is 3.75. The van der Waals surface area contributed by atoms with Crippen LogP contribution in [0.15, 0.2) is 18.3 Å². The van der Waals surface area contributed by atoms with Crippen molar-refractivity contribution >= 4 is 30.5 Å². The van der Waals surface area contributed by atoms with Crippen LogP contribution < -0.4 is 10.2 Å². The summed E-state index contributed by atoms with van der Waals surface area (Å²) in [5.41, 5.74) is 0.923. The van der Waals surface area contributed by atoms with E-state index in [9.17, 15) is 4.39 Å². The predicted octanol–water partition coefficient (Wildman–Crippen LogP) is 1.86. The molecule has 1 saturated heterocycles. The third-order valence-corrected chi connectivity index (χ3v) is 2.54. The van der Waals surface area contributed by atoms with Crippen molar-refractivity contribution in [2.24, 2.45) is 0 Å². The molecule has 1 N–H and O–H groups in total. The number of aromatic nitrogens is 1. The number of nitrogens with zero attached hydrogens (tertiary/aromatic N) is 2. The van der Waals surface area contributed by atoms with E-state index in [1.807, 2.05) is 6.07 Å². The van der Waals surface area contributed by atoms with E-state index in [-0.39, 0.29) is 24.8 Å². The van der Waals surface area contributed by atoms with Gasteiger partial charge in [-0.1, -0.05) is 0 Å². The SMILES string of the molecule is C[C@@H]1CNCCN1c1ccnc(F)c1.Cl.Cl. The Morgan fingerprint density at radius 3 is 2.88 bits per heavy atom. The van der Waals surface area contributed by atoms with Gasteiger partial charge in [0.05, 0.1) is 0 Å². The molecule has 0 aromatic carbocycles. The van der Waals surface area contributed by atoms with Crippen molar-refractivity contribution in [1.82, 2.24) is 10.3 Å². The summed E-state index contributed by atoms with van der Waals surface area (Å²) in [5.74, 6) is -0.409. The minimum atomic E-state index is -0.409. The van der Waals surface area contributed by atoms with Gasteiger partial charge in [-0.15, -0.1) is 24.8 Å². The van der Waals surface area contributed by atoms with Gasteiger partial charge in [-0.3, -0.25) is 0 Å². The van der Waals surface area contributed by atoms with Crippen molar-refractivity contribution in [3.8, 4) is 0 Å². The molecule has 2 heterocycles. The van der Waals surface area contributed by atoms with E-state index in [0.717, 1.165) is 25.3 Å². The zero-order chi connectivity index (χ0) is 9.97. The van der Waals surface area contributed by atoms with Crippen molar-refractivity contribution in [2.75, 3.05) is 24.5 Å². The number of anilines is 1. The van der Waals surface area contributed by atoms with Gasteiger partial charge in [0.25, 0.3) is 0 Å². The molecule has 2 rings (SSSR count). The second-order valence-electron chi connectivity index (χ2n) is 3.58. The molecule has 0 radical (unpaired) electrons. The third kappa shape index (κ3) is 3.47. The summed E-state index contributed by atoms with van der Waals surface area (Å²) < 4.78 is 12.9. The van der Waals surface area contributed by atoms with Crippen molar-refractivity contribution in [2.45, 2.75) is 13.0 Å². The summed E-state index contributed by atoms with van der Waals surface area (Å²) in [6.07, 6.45) is 1.51. The molecule has 1 aromatic heterocycles. The lowest BCUT2D eigenvalue weighted by Crippen LogP contribution is -2.49. The van der Waals surface area contributed by atoms with Crippen molar-refractivity contribution in [3.05, 3.63) is 24.3 Å². The van der Waals surface area contributed by atoms with Gasteiger partial charge in [-0.25, -0.2) is 4.98 Å². The van der Waals surface area contributed by atoms with Crippen LogP contribution in [0.1, 0.15) is 6.92 Å². The average Bonchev–Trinajstić information content (AvgIpc) is 2.18. The molecule has 0 saturated carbocycles. The maximum absolute atomic E-state index is 12.9. The second kappa shape index (κ2) is 6.89. The van der Waals surface area contributed by atoms with E-state index in [1.165, 1.54) is 12.3 Å². The number of pyridine rings is 1. The Hall–Kier alpha value is -0.580. The largest absolute Gasteiger partial charge is 0.366 e. The third-order valence-electron chi connectivity index (χ3n) is 2.54. The van der Waals surface area contributed by atoms with Crippen LogP contribution in [0.5, 0.6) is 0 Å². The highest BCUT2D eigenvalue weighted by atomic mass is 35.5. The smallest absolute Gasteiger partial charge is 0.214 e. The molecule has 1 fully saturated rings. The lowest BCUT2D eigenvalue weighted by Gasteiger charge is -2.35. The number of halogens is 3. The fourth-order valence-electron chi connectivity index (χ4n) is 1.80. The Morgan fingerprint density at radius 1 is 1.50 bits per heavy atom. The maximum Gasteiger partial charge on any atom is 0.214 e. The van der Waals surface area contributed by atoms with Crippen LogP contribution in [-0.2, 0) is 0 Å². The number of rotatable bonds is 1. The maximum atomic E-state index is 12.9. The minimum absolute atomic E-state index is 0. The first-order chi connectivity index (χ1) is 6.77. The van der Waals surface area contributed by atoms with Crippen LogP contribution in [0.25, 0.3) is 0 Å². The Bertz CT molecular complexity index is 325. The van der Waals surface area contributed by atoms with Gasteiger partial charge in [-0.05, 0) is 13.0 Å². The standard InChI is InChI=1S/C10H14FN3.2ClH/c1-8-7-12-4-5-14(8)9-2-3-13-10(11)6-9;;/h2-3,6,8,12H,4-5,7H2,1H3;2*1H/t8-;;/m1../s1. The predicted molar refractivity (Wildman–Crippen MR) is 68.4 cm³/mol. The van der Waals surface area contributed by atoms with Crippen molar-refractivity contribution in [1.29, 1.82) is 0 Å².